The quantitative estimate of drug-likeness (QED) is 0.571. The second kappa shape index (κ2) is 5.61. The van der Waals surface area contributed by atoms with E-state index in [4.69, 9.17) is 9.47 Å². The van der Waals surface area contributed by atoms with Crippen LogP contribution < -0.4 is 0 Å². The molecule has 4 fully saturated rings. The highest BCUT2D eigenvalue weighted by molar-refractivity contribution is 5.87. The first-order valence-electron chi connectivity index (χ1n) is 9.62. The predicted molar refractivity (Wildman–Crippen MR) is 89.0 cm³/mol. The molecule has 4 rings (SSSR count). The summed E-state index contributed by atoms with van der Waals surface area (Å²) in [5, 5.41) is 0. The van der Waals surface area contributed by atoms with Gasteiger partial charge in [-0.2, -0.15) is 0 Å². The van der Waals surface area contributed by atoms with Gasteiger partial charge in [0.2, 0.25) is 0 Å². The van der Waals surface area contributed by atoms with E-state index < -0.39 is 0 Å². The number of carbonyl (C=O) groups is 1. The molecule has 0 radical (unpaired) electrons. The van der Waals surface area contributed by atoms with Gasteiger partial charge in [-0.1, -0.05) is 32.3 Å². The minimum absolute atomic E-state index is 0.116. The lowest BCUT2D eigenvalue weighted by Gasteiger charge is -2.72. The predicted octanol–water partition coefficient (Wildman–Crippen LogP) is 4.40. The maximum absolute atomic E-state index is 12.5. The molecule has 0 bridgehead atoms. The summed E-state index contributed by atoms with van der Waals surface area (Å²) in [6, 6.07) is 0. The van der Waals surface area contributed by atoms with E-state index in [1.54, 1.807) is 6.92 Å². The van der Waals surface area contributed by atoms with Crippen LogP contribution in [0.5, 0.6) is 0 Å². The molecule has 0 N–H and O–H groups in total. The van der Waals surface area contributed by atoms with Gasteiger partial charge in [0.05, 0.1) is 6.10 Å². The second-order valence-corrected chi connectivity index (χ2v) is 8.35. The van der Waals surface area contributed by atoms with Crippen molar-refractivity contribution in [1.82, 2.24) is 0 Å². The number of esters is 1. The Hall–Kier alpha value is -0.830. The summed E-state index contributed by atoms with van der Waals surface area (Å²) in [5.74, 6) is 0.825. The minimum Gasteiger partial charge on any atom is -0.452 e. The molecule has 0 aromatic carbocycles. The van der Waals surface area contributed by atoms with Crippen LogP contribution >= 0.6 is 0 Å². The van der Waals surface area contributed by atoms with Crippen LogP contribution in [-0.2, 0) is 14.3 Å². The third-order valence-electron chi connectivity index (χ3n) is 7.30. The molecule has 0 aromatic rings. The van der Waals surface area contributed by atoms with Crippen molar-refractivity contribution in [3.63, 3.8) is 0 Å². The zero-order chi connectivity index (χ0) is 16.1. The van der Waals surface area contributed by atoms with E-state index in [1.165, 1.54) is 51.4 Å². The summed E-state index contributed by atoms with van der Waals surface area (Å²) in [5.41, 5.74) is 0.608. The molecule has 1 heterocycles. The smallest absolute Gasteiger partial charge is 0.333 e. The van der Waals surface area contributed by atoms with Crippen molar-refractivity contribution in [1.29, 1.82) is 0 Å². The number of ether oxygens (including phenoxy) is 2. The van der Waals surface area contributed by atoms with Crippen molar-refractivity contribution < 1.29 is 14.3 Å². The fraction of sp³-hybridized carbons (Fsp3) is 0.850. The number of hydrogen-bond donors (Lipinski definition) is 0. The number of rotatable bonds is 3. The van der Waals surface area contributed by atoms with Gasteiger partial charge in [-0.15, -0.1) is 0 Å². The molecular weight excluding hydrogens is 288 g/mol. The highest BCUT2D eigenvalue weighted by atomic mass is 16.6. The Morgan fingerprint density at radius 1 is 1.04 bits per heavy atom. The van der Waals surface area contributed by atoms with E-state index >= 15 is 0 Å². The summed E-state index contributed by atoms with van der Waals surface area (Å²) >= 11 is 0. The van der Waals surface area contributed by atoms with E-state index in [1.807, 2.05) is 0 Å². The first-order valence-corrected chi connectivity index (χ1v) is 9.62. The maximum Gasteiger partial charge on any atom is 0.333 e. The monoisotopic (exact) mass is 318 g/mol. The Kier molecular flexibility index (Phi) is 3.83. The zero-order valence-corrected chi connectivity index (χ0v) is 14.4. The molecule has 3 saturated carbocycles. The van der Waals surface area contributed by atoms with Gasteiger partial charge in [-0.25, -0.2) is 4.79 Å². The first kappa shape index (κ1) is 15.7. The minimum atomic E-state index is -0.354. The van der Waals surface area contributed by atoms with Crippen LogP contribution in [0.25, 0.3) is 0 Å². The van der Waals surface area contributed by atoms with Crippen LogP contribution in [0, 0.1) is 17.3 Å². The molecule has 1 saturated heterocycles. The average molecular weight is 318 g/mol. The highest BCUT2D eigenvalue weighted by Crippen LogP contribution is 2.73. The maximum atomic E-state index is 12.5. The van der Waals surface area contributed by atoms with Crippen molar-refractivity contribution >= 4 is 5.97 Å². The molecular formula is C20H30O3. The highest BCUT2D eigenvalue weighted by Gasteiger charge is 2.75. The Morgan fingerprint density at radius 2 is 1.70 bits per heavy atom. The fourth-order valence-corrected chi connectivity index (χ4v) is 6.58. The van der Waals surface area contributed by atoms with Crippen molar-refractivity contribution in [2.24, 2.45) is 17.3 Å². The topological polar surface area (TPSA) is 35.5 Å². The van der Waals surface area contributed by atoms with E-state index in [9.17, 15) is 4.79 Å². The first-order chi connectivity index (χ1) is 11.1. The van der Waals surface area contributed by atoms with Crippen LogP contribution in [-0.4, -0.2) is 24.3 Å². The van der Waals surface area contributed by atoms with Crippen molar-refractivity contribution in [3.8, 4) is 0 Å². The standard InChI is InChI=1S/C20H30O3/c1-14(2)18(21)23-20(17-10-7-13-22-17)15-8-3-5-11-19(15)12-6-4-9-16(19)20/h15-17H,1,3-13H2,2H3. The fourth-order valence-electron chi connectivity index (χ4n) is 6.58. The van der Waals surface area contributed by atoms with Gasteiger partial charge in [0.1, 0.15) is 5.60 Å². The van der Waals surface area contributed by atoms with Gasteiger partial charge in [-0.3, -0.25) is 0 Å². The molecule has 3 unspecified atom stereocenters. The third-order valence-corrected chi connectivity index (χ3v) is 7.30. The molecule has 3 aliphatic carbocycles. The molecule has 3 heteroatoms. The lowest BCUT2D eigenvalue weighted by molar-refractivity contribution is -0.321. The Balaban J connectivity index is 1.72. The van der Waals surface area contributed by atoms with E-state index in [0.29, 0.717) is 22.8 Å². The SMILES string of the molecule is C=C(C)C(=O)OC1(C2CCCO2)C2CCCCC23CCCCC31. The Labute approximate surface area is 139 Å². The van der Waals surface area contributed by atoms with Crippen LogP contribution in [0.2, 0.25) is 0 Å². The van der Waals surface area contributed by atoms with E-state index in [-0.39, 0.29) is 17.7 Å². The van der Waals surface area contributed by atoms with Gasteiger partial charge >= 0.3 is 5.97 Å². The molecule has 128 valence electrons. The molecule has 1 spiro atoms. The molecule has 23 heavy (non-hydrogen) atoms. The van der Waals surface area contributed by atoms with Gasteiger partial charge in [-0.05, 0) is 50.9 Å². The van der Waals surface area contributed by atoms with Crippen LogP contribution in [0.4, 0.5) is 0 Å². The van der Waals surface area contributed by atoms with Crippen LogP contribution in [0.3, 0.4) is 0 Å². The average Bonchev–Trinajstić information content (AvgIpc) is 3.06. The summed E-state index contributed by atoms with van der Waals surface area (Å²) in [6.07, 6.45) is 12.6. The Bertz CT molecular complexity index is 481. The summed E-state index contributed by atoms with van der Waals surface area (Å²) in [7, 11) is 0. The number of carbonyl (C=O) groups excluding carboxylic acids is 1. The van der Waals surface area contributed by atoms with Gasteiger partial charge in [0.15, 0.2) is 0 Å². The molecule has 0 aromatic heterocycles. The van der Waals surface area contributed by atoms with Crippen molar-refractivity contribution in [2.45, 2.75) is 82.8 Å². The summed E-state index contributed by atoms with van der Waals surface area (Å²) in [6.45, 7) is 6.40. The molecule has 3 nitrogen and oxygen atoms in total. The van der Waals surface area contributed by atoms with Crippen molar-refractivity contribution in [3.05, 3.63) is 12.2 Å². The number of hydrogen-bond acceptors (Lipinski definition) is 3. The second-order valence-electron chi connectivity index (χ2n) is 8.35. The van der Waals surface area contributed by atoms with E-state index in [2.05, 4.69) is 6.58 Å². The molecule has 3 atom stereocenters. The molecule has 4 aliphatic rings. The molecule has 1 aliphatic heterocycles. The van der Waals surface area contributed by atoms with Gasteiger partial charge in [0, 0.05) is 24.0 Å². The summed E-state index contributed by atoms with van der Waals surface area (Å²) < 4.78 is 12.4. The largest absolute Gasteiger partial charge is 0.452 e. The lowest BCUT2D eigenvalue weighted by Crippen LogP contribution is -2.76. The van der Waals surface area contributed by atoms with Crippen molar-refractivity contribution in [2.75, 3.05) is 6.61 Å². The van der Waals surface area contributed by atoms with Crippen LogP contribution in [0.15, 0.2) is 12.2 Å². The van der Waals surface area contributed by atoms with Crippen LogP contribution in [0.1, 0.15) is 71.1 Å². The van der Waals surface area contributed by atoms with E-state index in [0.717, 1.165) is 19.4 Å². The van der Waals surface area contributed by atoms with Gasteiger partial charge < -0.3 is 9.47 Å². The Morgan fingerprint density at radius 3 is 2.22 bits per heavy atom. The lowest BCUT2D eigenvalue weighted by atomic mass is 9.35. The third kappa shape index (κ3) is 2.08. The summed E-state index contributed by atoms with van der Waals surface area (Å²) in [4.78, 5) is 12.5. The van der Waals surface area contributed by atoms with Gasteiger partial charge in [0.25, 0.3) is 0 Å². The normalized spacial score (nSPS) is 45.5. The molecule has 0 amide bonds. The zero-order valence-electron chi connectivity index (χ0n) is 14.4.